The summed E-state index contributed by atoms with van der Waals surface area (Å²) in [5.74, 6) is 0.467. The molecular formula is C17H22N2OS. The fourth-order valence-corrected chi connectivity index (χ4v) is 3.16. The van der Waals surface area contributed by atoms with Gasteiger partial charge in [0.15, 0.2) is 0 Å². The number of hydrogen-bond acceptors (Lipinski definition) is 3. The van der Waals surface area contributed by atoms with Crippen molar-refractivity contribution < 1.29 is 4.79 Å². The van der Waals surface area contributed by atoms with Crippen LogP contribution in [0.25, 0.3) is 0 Å². The predicted octanol–water partition coefficient (Wildman–Crippen LogP) is 4.19. The maximum absolute atomic E-state index is 11.2. The van der Waals surface area contributed by atoms with Gasteiger partial charge >= 0.3 is 0 Å². The summed E-state index contributed by atoms with van der Waals surface area (Å²) in [4.78, 5) is 12.4. The molecule has 21 heavy (non-hydrogen) atoms. The third kappa shape index (κ3) is 4.41. The summed E-state index contributed by atoms with van der Waals surface area (Å²) < 4.78 is 0. The fraction of sp³-hybridized carbons (Fsp3) is 0.353. The van der Waals surface area contributed by atoms with Crippen LogP contribution in [0.4, 0.5) is 5.69 Å². The first-order chi connectivity index (χ1) is 10.1. The summed E-state index contributed by atoms with van der Waals surface area (Å²) in [5, 5.41) is 8.50. The highest BCUT2D eigenvalue weighted by atomic mass is 32.1. The maximum Gasteiger partial charge on any atom is 0.221 e. The minimum Gasteiger partial charge on any atom is -0.325 e. The molecule has 0 radical (unpaired) electrons. The number of anilines is 1. The van der Waals surface area contributed by atoms with Crippen LogP contribution < -0.4 is 10.6 Å². The molecule has 1 aromatic carbocycles. The fourth-order valence-electron chi connectivity index (χ4n) is 2.38. The van der Waals surface area contributed by atoms with Gasteiger partial charge in [-0.1, -0.05) is 44.2 Å². The van der Waals surface area contributed by atoms with E-state index in [1.54, 1.807) is 11.3 Å². The molecule has 2 N–H and O–H groups in total. The monoisotopic (exact) mass is 302 g/mol. The Morgan fingerprint density at radius 1 is 1.19 bits per heavy atom. The van der Waals surface area contributed by atoms with Gasteiger partial charge in [-0.2, -0.15) is 0 Å². The van der Waals surface area contributed by atoms with E-state index in [-0.39, 0.29) is 5.91 Å². The molecule has 1 aromatic heterocycles. The van der Waals surface area contributed by atoms with Crippen LogP contribution >= 0.6 is 11.3 Å². The van der Waals surface area contributed by atoms with Crippen LogP contribution in [0.15, 0.2) is 41.8 Å². The average Bonchev–Trinajstić information content (AvgIpc) is 2.86. The van der Waals surface area contributed by atoms with Crippen molar-refractivity contribution in [3.8, 4) is 0 Å². The molecule has 1 atom stereocenters. The second-order valence-corrected chi connectivity index (χ2v) is 6.45. The molecule has 0 fully saturated rings. The Balaban J connectivity index is 2.06. The molecule has 0 saturated heterocycles. The number of rotatable bonds is 6. The molecule has 0 aliphatic heterocycles. The number of carbonyl (C=O) groups excluding carboxylic acids is 1. The van der Waals surface area contributed by atoms with E-state index in [1.807, 2.05) is 17.5 Å². The van der Waals surface area contributed by atoms with E-state index in [0.29, 0.717) is 12.0 Å². The van der Waals surface area contributed by atoms with Gasteiger partial charge in [0.25, 0.3) is 0 Å². The molecule has 112 valence electrons. The quantitative estimate of drug-likeness (QED) is 0.840. The number of benzene rings is 1. The minimum absolute atomic E-state index is 0.0295. The third-order valence-corrected chi connectivity index (χ3v) is 4.28. The summed E-state index contributed by atoms with van der Waals surface area (Å²) in [7, 11) is 0. The van der Waals surface area contributed by atoms with Gasteiger partial charge < -0.3 is 10.6 Å². The summed E-state index contributed by atoms with van der Waals surface area (Å²) in [5.41, 5.74) is 2.21. The lowest BCUT2D eigenvalue weighted by atomic mass is 9.96. The molecule has 3 nitrogen and oxygen atoms in total. The third-order valence-electron chi connectivity index (χ3n) is 3.36. The average molecular weight is 302 g/mol. The van der Waals surface area contributed by atoms with Crippen LogP contribution in [-0.2, 0) is 11.3 Å². The van der Waals surface area contributed by atoms with Crippen LogP contribution in [0.5, 0.6) is 0 Å². The first-order valence-corrected chi connectivity index (χ1v) is 8.08. The van der Waals surface area contributed by atoms with Crippen LogP contribution in [0.2, 0.25) is 0 Å². The van der Waals surface area contributed by atoms with Crippen molar-refractivity contribution in [1.82, 2.24) is 5.32 Å². The lowest BCUT2D eigenvalue weighted by molar-refractivity contribution is -0.114. The lowest BCUT2D eigenvalue weighted by Crippen LogP contribution is -2.25. The normalized spacial score (nSPS) is 12.4. The number of hydrogen-bond donors (Lipinski definition) is 2. The van der Waals surface area contributed by atoms with Crippen molar-refractivity contribution in [1.29, 1.82) is 0 Å². The predicted molar refractivity (Wildman–Crippen MR) is 89.5 cm³/mol. The van der Waals surface area contributed by atoms with Crippen LogP contribution in [0.1, 0.15) is 37.3 Å². The van der Waals surface area contributed by atoms with Crippen molar-refractivity contribution in [2.75, 3.05) is 5.32 Å². The number of carbonyl (C=O) groups is 1. The Hall–Kier alpha value is -1.65. The van der Waals surface area contributed by atoms with E-state index in [4.69, 9.17) is 0 Å². The molecule has 0 spiro atoms. The van der Waals surface area contributed by atoms with E-state index in [2.05, 4.69) is 48.7 Å². The van der Waals surface area contributed by atoms with Gasteiger partial charge in [0.1, 0.15) is 0 Å². The summed E-state index contributed by atoms with van der Waals surface area (Å²) in [6, 6.07) is 12.7. The Kier molecular flexibility index (Phi) is 5.53. The molecule has 0 saturated carbocycles. The Morgan fingerprint density at radius 3 is 2.52 bits per heavy atom. The smallest absolute Gasteiger partial charge is 0.221 e. The molecule has 0 bridgehead atoms. The van der Waals surface area contributed by atoms with E-state index >= 15 is 0 Å². The molecular weight excluding hydrogens is 280 g/mol. The van der Waals surface area contributed by atoms with Crippen molar-refractivity contribution in [3.63, 3.8) is 0 Å². The highest BCUT2D eigenvalue weighted by Crippen LogP contribution is 2.26. The standard InChI is InChI=1S/C17H22N2OS/c1-12(2)17(14-7-5-4-6-8-14)18-11-16-15(9-10-21-16)19-13(3)20/h4-10,12,17-18H,11H2,1-3H3,(H,19,20). The van der Waals surface area contributed by atoms with Gasteiger partial charge in [-0.15, -0.1) is 11.3 Å². The zero-order valence-corrected chi connectivity index (χ0v) is 13.5. The van der Waals surface area contributed by atoms with Gasteiger partial charge in [0, 0.05) is 24.4 Å². The molecule has 2 aromatic rings. The second-order valence-electron chi connectivity index (χ2n) is 5.45. The zero-order valence-electron chi connectivity index (χ0n) is 12.7. The molecule has 1 heterocycles. The van der Waals surface area contributed by atoms with E-state index in [1.165, 1.54) is 12.5 Å². The topological polar surface area (TPSA) is 41.1 Å². The number of thiophene rings is 1. The number of amides is 1. The first-order valence-electron chi connectivity index (χ1n) is 7.20. The molecule has 4 heteroatoms. The molecule has 1 unspecified atom stereocenters. The zero-order chi connectivity index (χ0) is 15.2. The summed E-state index contributed by atoms with van der Waals surface area (Å²) in [6.45, 7) is 6.72. The Bertz CT molecular complexity index is 577. The highest BCUT2D eigenvalue weighted by molar-refractivity contribution is 7.10. The van der Waals surface area contributed by atoms with Crippen LogP contribution in [0.3, 0.4) is 0 Å². The minimum atomic E-state index is -0.0295. The van der Waals surface area contributed by atoms with E-state index < -0.39 is 0 Å². The number of nitrogens with one attached hydrogen (secondary N) is 2. The molecule has 2 rings (SSSR count). The van der Waals surface area contributed by atoms with Gasteiger partial charge in [0.05, 0.1) is 5.69 Å². The van der Waals surface area contributed by atoms with Crippen molar-refractivity contribution in [2.45, 2.75) is 33.4 Å². The Labute approximate surface area is 130 Å². The van der Waals surface area contributed by atoms with Crippen LogP contribution in [-0.4, -0.2) is 5.91 Å². The van der Waals surface area contributed by atoms with E-state index in [9.17, 15) is 4.79 Å². The largest absolute Gasteiger partial charge is 0.325 e. The van der Waals surface area contributed by atoms with Crippen molar-refractivity contribution in [3.05, 3.63) is 52.2 Å². The first kappa shape index (κ1) is 15.7. The SMILES string of the molecule is CC(=O)Nc1ccsc1CNC(c1ccccc1)C(C)C. The van der Waals surface area contributed by atoms with Crippen molar-refractivity contribution in [2.24, 2.45) is 5.92 Å². The molecule has 0 aliphatic rings. The summed E-state index contributed by atoms with van der Waals surface area (Å²) in [6.07, 6.45) is 0. The van der Waals surface area contributed by atoms with E-state index in [0.717, 1.165) is 17.1 Å². The second kappa shape index (κ2) is 7.38. The summed E-state index contributed by atoms with van der Waals surface area (Å²) >= 11 is 1.66. The van der Waals surface area contributed by atoms with Crippen LogP contribution in [0, 0.1) is 5.92 Å². The lowest BCUT2D eigenvalue weighted by Gasteiger charge is -2.23. The Morgan fingerprint density at radius 2 is 1.90 bits per heavy atom. The molecule has 0 aliphatic carbocycles. The van der Waals surface area contributed by atoms with Gasteiger partial charge in [0.2, 0.25) is 5.91 Å². The van der Waals surface area contributed by atoms with Gasteiger partial charge in [-0.25, -0.2) is 0 Å². The maximum atomic E-state index is 11.2. The molecule has 1 amide bonds. The van der Waals surface area contributed by atoms with Gasteiger partial charge in [-0.05, 0) is 22.9 Å². The highest BCUT2D eigenvalue weighted by Gasteiger charge is 2.16. The van der Waals surface area contributed by atoms with Crippen molar-refractivity contribution >= 4 is 22.9 Å². The van der Waals surface area contributed by atoms with Gasteiger partial charge in [-0.3, -0.25) is 4.79 Å².